The largest absolute Gasteiger partial charge is 0.353 e. The third-order valence-corrected chi connectivity index (χ3v) is 4.34. The average molecular weight is 282 g/mol. The van der Waals surface area contributed by atoms with Gasteiger partial charge in [-0.2, -0.15) is 0 Å². The van der Waals surface area contributed by atoms with E-state index in [0.29, 0.717) is 0 Å². The Morgan fingerprint density at radius 1 is 1.19 bits per heavy atom. The summed E-state index contributed by atoms with van der Waals surface area (Å²) in [6.45, 7) is 1.16. The van der Waals surface area contributed by atoms with Crippen molar-refractivity contribution in [3.05, 3.63) is 17.0 Å². The number of aromatic nitrogens is 2. The fraction of sp³-hybridized carbons (Fsp3) is 0.667. The minimum Gasteiger partial charge on any atom is -0.353 e. The summed E-state index contributed by atoms with van der Waals surface area (Å²) in [6.07, 6.45) is 8.51. The molecule has 0 N–H and O–H groups in total. The molecule has 1 aromatic heterocycles. The second-order valence-corrected chi connectivity index (χ2v) is 5.61. The Balaban J connectivity index is 1.88. The fourth-order valence-corrected chi connectivity index (χ4v) is 3.52. The van der Waals surface area contributed by atoms with Gasteiger partial charge in [0.1, 0.15) is 16.7 Å². The lowest BCUT2D eigenvalue weighted by atomic mass is 9.92. The van der Waals surface area contributed by atoms with Crippen LogP contribution in [0, 0.1) is 5.92 Å². The molecule has 1 saturated heterocycles. The Morgan fingerprint density at radius 3 is 2.94 bits per heavy atom. The molecular weight excluding hydrogens is 266 g/mol. The van der Waals surface area contributed by atoms with Crippen molar-refractivity contribution in [2.24, 2.45) is 5.92 Å². The number of nitrogens with zero attached hydrogens (tertiary/aromatic N) is 3. The highest BCUT2D eigenvalue weighted by atomic mass is 79.9. The molecule has 0 radical (unpaired) electrons. The number of hydrogen-bond acceptors (Lipinski definition) is 3. The molecule has 0 spiro atoms. The zero-order chi connectivity index (χ0) is 11.0. The lowest BCUT2D eigenvalue weighted by Gasteiger charge is -2.38. The van der Waals surface area contributed by atoms with Crippen LogP contribution in [0.2, 0.25) is 0 Å². The Bertz CT molecular complexity index is 382. The number of hydrogen-bond donors (Lipinski definition) is 0. The molecule has 1 aliphatic heterocycles. The molecular formula is C12H16BrN3. The summed E-state index contributed by atoms with van der Waals surface area (Å²) in [5, 5.41) is 0. The third kappa shape index (κ3) is 1.83. The molecule has 0 amide bonds. The van der Waals surface area contributed by atoms with Crippen LogP contribution < -0.4 is 4.90 Å². The van der Waals surface area contributed by atoms with Gasteiger partial charge in [0.05, 0.1) is 0 Å². The summed E-state index contributed by atoms with van der Waals surface area (Å²) in [4.78, 5) is 11.0. The van der Waals surface area contributed by atoms with Crippen LogP contribution in [0.1, 0.15) is 32.1 Å². The van der Waals surface area contributed by atoms with E-state index < -0.39 is 0 Å². The molecule has 1 aromatic rings. The summed E-state index contributed by atoms with van der Waals surface area (Å²) in [7, 11) is 0. The molecule has 2 heterocycles. The predicted octanol–water partition coefficient (Wildman–Crippen LogP) is 3.01. The van der Waals surface area contributed by atoms with E-state index in [1.165, 1.54) is 32.1 Å². The van der Waals surface area contributed by atoms with Crippen LogP contribution in [0.4, 0.5) is 5.82 Å². The Morgan fingerprint density at radius 2 is 2.06 bits per heavy atom. The van der Waals surface area contributed by atoms with Crippen LogP contribution in [0.3, 0.4) is 0 Å². The summed E-state index contributed by atoms with van der Waals surface area (Å²) >= 11 is 3.42. The van der Waals surface area contributed by atoms with Gasteiger partial charge in [0.25, 0.3) is 0 Å². The Kier molecular flexibility index (Phi) is 2.84. The van der Waals surface area contributed by atoms with Gasteiger partial charge >= 0.3 is 0 Å². The zero-order valence-electron chi connectivity index (χ0n) is 9.27. The molecule has 86 valence electrons. The number of fused-ring (bicyclic) bond motifs is 1. The molecule has 2 aliphatic rings. The van der Waals surface area contributed by atoms with E-state index in [-0.39, 0.29) is 0 Å². The van der Waals surface area contributed by atoms with Gasteiger partial charge in [-0.1, -0.05) is 6.42 Å². The lowest BCUT2D eigenvalue weighted by Crippen LogP contribution is -2.43. The minimum atomic E-state index is 0.732. The first-order valence-corrected chi connectivity index (χ1v) is 6.88. The van der Waals surface area contributed by atoms with Crippen LogP contribution in [0.25, 0.3) is 0 Å². The standard InChI is InChI=1S/C12H16BrN3/c13-11-7-12(15-8-14-11)16-6-2-4-9-3-1-5-10(9)16/h7-10H,1-6H2. The first kappa shape index (κ1) is 10.5. The van der Waals surface area contributed by atoms with Crippen molar-refractivity contribution in [2.45, 2.75) is 38.1 Å². The van der Waals surface area contributed by atoms with Crippen molar-refractivity contribution in [2.75, 3.05) is 11.4 Å². The van der Waals surface area contributed by atoms with Gasteiger partial charge in [-0.3, -0.25) is 0 Å². The number of halogens is 1. The average Bonchev–Trinajstić information content (AvgIpc) is 2.76. The van der Waals surface area contributed by atoms with Crippen LogP contribution in [0.5, 0.6) is 0 Å². The van der Waals surface area contributed by atoms with E-state index >= 15 is 0 Å². The molecule has 1 aliphatic carbocycles. The second kappa shape index (κ2) is 4.32. The van der Waals surface area contributed by atoms with Gasteiger partial charge < -0.3 is 4.90 Å². The smallest absolute Gasteiger partial charge is 0.133 e. The molecule has 2 atom stereocenters. The van der Waals surface area contributed by atoms with Crippen molar-refractivity contribution >= 4 is 21.7 Å². The second-order valence-electron chi connectivity index (χ2n) is 4.79. The van der Waals surface area contributed by atoms with Crippen LogP contribution in [-0.4, -0.2) is 22.6 Å². The molecule has 3 nitrogen and oxygen atoms in total. The molecule has 0 bridgehead atoms. The van der Waals surface area contributed by atoms with Crippen molar-refractivity contribution in [1.29, 1.82) is 0 Å². The SMILES string of the molecule is Brc1cc(N2CCCC3CCCC32)ncn1. The van der Waals surface area contributed by atoms with E-state index in [0.717, 1.165) is 28.9 Å². The molecule has 2 unspecified atom stereocenters. The molecule has 1 saturated carbocycles. The monoisotopic (exact) mass is 281 g/mol. The van der Waals surface area contributed by atoms with Gasteiger partial charge in [-0.15, -0.1) is 0 Å². The van der Waals surface area contributed by atoms with E-state index in [9.17, 15) is 0 Å². The topological polar surface area (TPSA) is 29.0 Å². The van der Waals surface area contributed by atoms with E-state index in [1.807, 2.05) is 6.07 Å². The van der Waals surface area contributed by atoms with Crippen LogP contribution >= 0.6 is 15.9 Å². The van der Waals surface area contributed by atoms with Crippen molar-refractivity contribution < 1.29 is 0 Å². The number of piperidine rings is 1. The van der Waals surface area contributed by atoms with E-state index in [2.05, 4.69) is 30.8 Å². The van der Waals surface area contributed by atoms with Crippen molar-refractivity contribution in [3.63, 3.8) is 0 Å². The highest BCUT2D eigenvalue weighted by Gasteiger charge is 2.35. The summed E-state index contributed by atoms with van der Waals surface area (Å²) in [5.41, 5.74) is 0. The van der Waals surface area contributed by atoms with Crippen LogP contribution in [0.15, 0.2) is 17.0 Å². The highest BCUT2D eigenvalue weighted by Crippen LogP contribution is 2.38. The lowest BCUT2D eigenvalue weighted by molar-refractivity contribution is 0.360. The maximum atomic E-state index is 4.41. The Hall–Kier alpha value is -0.640. The fourth-order valence-electron chi connectivity index (χ4n) is 3.22. The first-order chi connectivity index (χ1) is 7.84. The van der Waals surface area contributed by atoms with Crippen molar-refractivity contribution in [1.82, 2.24) is 9.97 Å². The maximum absolute atomic E-state index is 4.41. The van der Waals surface area contributed by atoms with Crippen LogP contribution in [-0.2, 0) is 0 Å². The van der Waals surface area contributed by atoms with E-state index in [1.54, 1.807) is 6.33 Å². The third-order valence-electron chi connectivity index (χ3n) is 3.91. The molecule has 4 heteroatoms. The minimum absolute atomic E-state index is 0.732. The molecule has 2 fully saturated rings. The van der Waals surface area contributed by atoms with Gasteiger partial charge in [0.2, 0.25) is 0 Å². The quantitative estimate of drug-likeness (QED) is 0.741. The van der Waals surface area contributed by atoms with Gasteiger partial charge in [0.15, 0.2) is 0 Å². The zero-order valence-corrected chi connectivity index (χ0v) is 10.9. The molecule has 3 rings (SSSR count). The highest BCUT2D eigenvalue weighted by molar-refractivity contribution is 9.10. The Labute approximate surface area is 104 Å². The van der Waals surface area contributed by atoms with E-state index in [4.69, 9.17) is 0 Å². The number of rotatable bonds is 1. The maximum Gasteiger partial charge on any atom is 0.133 e. The van der Waals surface area contributed by atoms with Gasteiger partial charge in [0, 0.05) is 18.7 Å². The molecule has 0 aromatic carbocycles. The first-order valence-electron chi connectivity index (χ1n) is 6.09. The summed E-state index contributed by atoms with van der Waals surface area (Å²) in [6, 6.07) is 2.77. The van der Waals surface area contributed by atoms with Gasteiger partial charge in [-0.25, -0.2) is 9.97 Å². The number of anilines is 1. The summed E-state index contributed by atoms with van der Waals surface area (Å²) < 4.78 is 0.887. The summed E-state index contributed by atoms with van der Waals surface area (Å²) in [5.74, 6) is 2.00. The van der Waals surface area contributed by atoms with Crippen molar-refractivity contribution in [3.8, 4) is 0 Å². The predicted molar refractivity (Wildman–Crippen MR) is 67.4 cm³/mol. The normalized spacial score (nSPS) is 29.2. The van der Waals surface area contributed by atoms with Gasteiger partial charge in [-0.05, 0) is 47.5 Å². The molecule has 16 heavy (non-hydrogen) atoms.